The van der Waals surface area contributed by atoms with Crippen LogP contribution in [0.15, 0.2) is 72.8 Å². The van der Waals surface area contributed by atoms with Crippen molar-refractivity contribution in [3.05, 3.63) is 101 Å². The first-order chi connectivity index (χ1) is 15.6. The van der Waals surface area contributed by atoms with Gasteiger partial charge in [0.1, 0.15) is 23.0 Å². The molecule has 33 heavy (non-hydrogen) atoms. The summed E-state index contributed by atoms with van der Waals surface area (Å²) in [5, 5.41) is 0. The van der Waals surface area contributed by atoms with Crippen LogP contribution in [-0.4, -0.2) is 30.1 Å². The lowest BCUT2D eigenvalue weighted by molar-refractivity contribution is 0.0190. The molecule has 5 heteroatoms. The highest BCUT2D eigenvalue weighted by atomic mass is 35.5. The molecule has 0 unspecified atom stereocenters. The predicted molar refractivity (Wildman–Crippen MR) is 130 cm³/mol. The van der Waals surface area contributed by atoms with E-state index >= 15 is 0 Å². The number of piperidine rings is 1. The summed E-state index contributed by atoms with van der Waals surface area (Å²) in [5.41, 5.74) is 3.47. The topological polar surface area (TPSA) is 12.5 Å². The summed E-state index contributed by atoms with van der Waals surface area (Å²) >= 11 is 0. The Morgan fingerprint density at radius 1 is 0.818 bits per heavy atom. The Morgan fingerprint density at radius 3 is 1.97 bits per heavy atom. The molecule has 0 atom stereocenters. The Labute approximate surface area is 201 Å². The molecule has 174 valence electrons. The molecule has 1 saturated heterocycles. The van der Waals surface area contributed by atoms with Gasteiger partial charge in [0.25, 0.3) is 0 Å². The number of halogens is 3. The van der Waals surface area contributed by atoms with Crippen molar-refractivity contribution in [3.63, 3.8) is 0 Å². The molecule has 2 aliphatic heterocycles. The van der Waals surface area contributed by atoms with Crippen LogP contribution in [-0.2, 0) is 6.42 Å². The van der Waals surface area contributed by atoms with Gasteiger partial charge in [0, 0.05) is 38.3 Å². The number of para-hydroxylation sites is 1. The molecule has 0 aromatic heterocycles. The summed E-state index contributed by atoms with van der Waals surface area (Å²) in [7, 11) is 0. The van der Waals surface area contributed by atoms with Gasteiger partial charge in [-0.05, 0) is 66.4 Å². The maximum atomic E-state index is 13.4. The second kappa shape index (κ2) is 10.2. The Morgan fingerprint density at radius 2 is 1.39 bits per heavy atom. The summed E-state index contributed by atoms with van der Waals surface area (Å²) in [5.74, 6) is 0.734. The SMILES string of the molecule is Cl.Fc1ccc(C(CCCN2CCC3(CC2)Cc2ccccc2O3)c2ccc(F)cc2)cc1. The van der Waals surface area contributed by atoms with Gasteiger partial charge in [0.2, 0.25) is 0 Å². The second-order valence-electron chi connectivity index (χ2n) is 9.21. The fourth-order valence-electron chi connectivity index (χ4n) is 5.26. The highest BCUT2D eigenvalue weighted by Crippen LogP contribution is 2.41. The van der Waals surface area contributed by atoms with Gasteiger partial charge >= 0.3 is 0 Å². The Balaban J connectivity index is 0.00000259. The average Bonchev–Trinajstić information content (AvgIpc) is 3.17. The first-order valence-electron chi connectivity index (χ1n) is 11.6. The van der Waals surface area contributed by atoms with Gasteiger partial charge in [-0.2, -0.15) is 0 Å². The molecule has 0 aliphatic carbocycles. The fourth-order valence-corrected chi connectivity index (χ4v) is 5.26. The van der Waals surface area contributed by atoms with Crippen molar-refractivity contribution in [3.8, 4) is 5.75 Å². The number of ether oxygens (including phenoxy) is 1. The van der Waals surface area contributed by atoms with E-state index in [9.17, 15) is 8.78 Å². The van der Waals surface area contributed by atoms with Crippen LogP contribution in [0.4, 0.5) is 8.78 Å². The quantitative estimate of drug-likeness (QED) is 0.395. The molecule has 5 rings (SSSR count). The van der Waals surface area contributed by atoms with Gasteiger partial charge in [0.15, 0.2) is 0 Å². The van der Waals surface area contributed by atoms with Gasteiger partial charge in [-0.25, -0.2) is 8.78 Å². The van der Waals surface area contributed by atoms with Crippen LogP contribution in [0.1, 0.15) is 48.3 Å². The van der Waals surface area contributed by atoms with Crippen molar-refractivity contribution >= 4 is 12.4 Å². The largest absolute Gasteiger partial charge is 0.487 e. The number of nitrogens with zero attached hydrogens (tertiary/aromatic N) is 1. The molecule has 3 aromatic rings. The maximum absolute atomic E-state index is 13.4. The van der Waals surface area contributed by atoms with E-state index in [1.807, 2.05) is 30.3 Å². The summed E-state index contributed by atoms with van der Waals surface area (Å²) in [6.07, 6.45) is 5.12. The third-order valence-electron chi connectivity index (χ3n) is 7.09. The number of benzene rings is 3. The van der Waals surface area contributed by atoms with Gasteiger partial charge in [0.05, 0.1) is 0 Å². The zero-order valence-electron chi connectivity index (χ0n) is 18.7. The minimum absolute atomic E-state index is 0. The van der Waals surface area contributed by atoms with Gasteiger partial charge in [-0.3, -0.25) is 0 Å². The number of rotatable bonds is 6. The van der Waals surface area contributed by atoms with Crippen LogP contribution >= 0.6 is 12.4 Å². The molecule has 0 saturated carbocycles. The summed E-state index contributed by atoms with van der Waals surface area (Å²) < 4.78 is 33.3. The van der Waals surface area contributed by atoms with Crippen molar-refractivity contribution in [2.24, 2.45) is 0 Å². The highest BCUT2D eigenvalue weighted by molar-refractivity contribution is 5.85. The zero-order chi connectivity index (χ0) is 22.0. The van der Waals surface area contributed by atoms with Crippen LogP contribution in [0.3, 0.4) is 0 Å². The van der Waals surface area contributed by atoms with Crippen LogP contribution < -0.4 is 4.74 Å². The second-order valence-corrected chi connectivity index (χ2v) is 9.21. The summed E-state index contributed by atoms with van der Waals surface area (Å²) in [6, 6.07) is 21.8. The molecule has 0 amide bonds. The summed E-state index contributed by atoms with van der Waals surface area (Å²) in [4.78, 5) is 2.53. The lowest BCUT2D eigenvalue weighted by atomic mass is 9.86. The zero-order valence-corrected chi connectivity index (χ0v) is 19.5. The monoisotopic (exact) mass is 469 g/mol. The van der Waals surface area contributed by atoms with Gasteiger partial charge < -0.3 is 9.64 Å². The number of hydrogen-bond donors (Lipinski definition) is 0. The van der Waals surface area contributed by atoms with Crippen LogP contribution in [0.2, 0.25) is 0 Å². The first kappa shape index (κ1) is 23.7. The molecule has 3 aromatic carbocycles. The molecule has 2 aliphatic rings. The minimum Gasteiger partial charge on any atom is -0.487 e. The average molecular weight is 470 g/mol. The third kappa shape index (κ3) is 5.39. The molecule has 1 spiro atoms. The van der Waals surface area contributed by atoms with Crippen molar-refractivity contribution in [2.45, 2.75) is 43.6 Å². The lowest BCUT2D eigenvalue weighted by Crippen LogP contribution is -2.47. The highest BCUT2D eigenvalue weighted by Gasteiger charge is 2.41. The molecular weight excluding hydrogens is 440 g/mol. The summed E-state index contributed by atoms with van der Waals surface area (Å²) in [6.45, 7) is 3.12. The Bertz CT molecular complexity index is 974. The van der Waals surface area contributed by atoms with Crippen molar-refractivity contribution in [1.82, 2.24) is 4.90 Å². The number of fused-ring (bicyclic) bond motifs is 1. The third-order valence-corrected chi connectivity index (χ3v) is 7.09. The molecule has 0 N–H and O–H groups in total. The van der Waals surface area contributed by atoms with E-state index in [4.69, 9.17) is 4.74 Å². The Kier molecular flexibility index (Phi) is 7.35. The Hall–Kier alpha value is -2.43. The minimum atomic E-state index is -0.231. The number of hydrogen-bond acceptors (Lipinski definition) is 2. The predicted octanol–water partition coefficient (Wildman–Crippen LogP) is 6.77. The van der Waals surface area contributed by atoms with Crippen LogP contribution in [0, 0.1) is 11.6 Å². The molecule has 2 heterocycles. The van der Waals surface area contributed by atoms with E-state index in [1.54, 1.807) is 0 Å². The molecule has 1 fully saturated rings. The maximum Gasteiger partial charge on any atom is 0.123 e. The van der Waals surface area contributed by atoms with Crippen molar-refractivity contribution in [1.29, 1.82) is 0 Å². The van der Waals surface area contributed by atoms with Crippen molar-refractivity contribution in [2.75, 3.05) is 19.6 Å². The fraction of sp³-hybridized carbons (Fsp3) is 0.357. The normalized spacial score (nSPS) is 16.9. The van der Waals surface area contributed by atoms with Crippen molar-refractivity contribution < 1.29 is 13.5 Å². The molecular formula is C28H30ClF2NO. The first-order valence-corrected chi connectivity index (χ1v) is 11.6. The lowest BCUT2D eigenvalue weighted by Gasteiger charge is -2.38. The molecule has 0 radical (unpaired) electrons. The van der Waals surface area contributed by atoms with E-state index in [1.165, 1.54) is 29.8 Å². The van der Waals surface area contributed by atoms with Crippen LogP contribution in [0.25, 0.3) is 0 Å². The smallest absolute Gasteiger partial charge is 0.123 e. The van der Waals surface area contributed by atoms with Gasteiger partial charge in [-0.1, -0.05) is 42.5 Å². The van der Waals surface area contributed by atoms with E-state index in [0.29, 0.717) is 0 Å². The van der Waals surface area contributed by atoms with E-state index in [0.717, 1.165) is 68.6 Å². The van der Waals surface area contributed by atoms with E-state index in [2.05, 4.69) is 23.1 Å². The van der Waals surface area contributed by atoms with E-state index in [-0.39, 0.29) is 35.6 Å². The molecule has 2 nitrogen and oxygen atoms in total. The standard InChI is InChI=1S/C28H29F2NO.ClH/c29-24-11-7-21(8-12-24)26(22-9-13-25(30)14-10-22)5-3-17-31-18-15-28(16-19-31)20-23-4-1-2-6-27(23)32-28;/h1-2,4,6-14,26H,3,5,15-20H2;1H. The van der Waals surface area contributed by atoms with Gasteiger partial charge in [-0.15, -0.1) is 12.4 Å². The molecule has 0 bridgehead atoms. The van der Waals surface area contributed by atoms with E-state index < -0.39 is 0 Å². The number of likely N-dealkylation sites (tertiary alicyclic amines) is 1. The van der Waals surface area contributed by atoms with Crippen LogP contribution in [0.5, 0.6) is 5.75 Å².